The van der Waals surface area contributed by atoms with Gasteiger partial charge in [-0.1, -0.05) is 26.0 Å². The van der Waals surface area contributed by atoms with Crippen LogP contribution in [0.2, 0.25) is 0 Å². The largest absolute Gasteiger partial charge is 0.311 e. The van der Waals surface area contributed by atoms with Gasteiger partial charge in [0.2, 0.25) is 0 Å². The second-order valence-corrected chi connectivity index (χ2v) is 4.93. The van der Waals surface area contributed by atoms with Gasteiger partial charge in [-0.25, -0.2) is 0 Å². The SMILES string of the molecule is CCN(CC)CCNCc1ccc(SC)cc1.Cl.Cl. The zero-order chi connectivity index (χ0) is 12.5. The van der Waals surface area contributed by atoms with Crippen molar-refractivity contribution < 1.29 is 0 Å². The molecule has 2 nitrogen and oxygen atoms in total. The Morgan fingerprint density at radius 3 is 2.11 bits per heavy atom. The molecule has 0 saturated carbocycles. The molecule has 19 heavy (non-hydrogen) atoms. The molecule has 0 aliphatic heterocycles. The first-order valence-corrected chi connectivity index (χ1v) is 7.58. The van der Waals surface area contributed by atoms with E-state index in [2.05, 4.69) is 54.6 Å². The molecule has 5 heteroatoms. The Balaban J connectivity index is 0. The van der Waals surface area contributed by atoms with Crippen LogP contribution in [-0.2, 0) is 6.54 Å². The summed E-state index contributed by atoms with van der Waals surface area (Å²) in [5.74, 6) is 0. The molecule has 0 spiro atoms. The number of thioether (sulfide) groups is 1. The van der Waals surface area contributed by atoms with Crippen molar-refractivity contribution in [1.29, 1.82) is 0 Å². The van der Waals surface area contributed by atoms with E-state index in [-0.39, 0.29) is 24.8 Å². The molecule has 0 aliphatic carbocycles. The van der Waals surface area contributed by atoms with E-state index in [1.165, 1.54) is 10.5 Å². The van der Waals surface area contributed by atoms with E-state index in [0.717, 1.165) is 32.7 Å². The minimum absolute atomic E-state index is 0. The molecule has 0 atom stereocenters. The molecule has 0 heterocycles. The maximum Gasteiger partial charge on any atom is 0.0206 e. The van der Waals surface area contributed by atoms with E-state index in [4.69, 9.17) is 0 Å². The lowest BCUT2D eigenvalue weighted by Crippen LogP contribution is -2.31. The lowest BCUT2D eigenvalue weighted by atomic mass is 10.2. The van der Waals surface area contributed by atoms with Crippen LogP contribution in [0.3, 0.4) is 0 Å². The highest BCUT2D eigenvalue weighted by Gasteiger charge is 1.98. The van der Waals surface area contributed by atoms with Crippen LogP contribution in [0, 0.1) is 0 Å². The highest BCUT2D eigenvalue weighted by Crippen LogP contribution is 2.14. The molecule has 1 aromatic carbocycles. The summed E-state index contributed by atoms with van der Waals surface area (Å²) in [7, 11) is 0. The third-order valence-corrected chi connectivity index (χ3v) is 3.73. The number of hydrogen-bond donors (Lipinski definition) is 1. The Hall–Kier alpha value is 0.0700. The van der Waals surface area contributed by atoms with Crippen molar-refractivity contribution in [3.63, 3.8) is 0 Å². The Morgan fingerprint density at radius 2 is 1.63 bits per heavy atom. The van der Waals surface area contributed by atoms with E-state index in [0.29, 0.717) is 0 Å². The summed E-state index contributed by atoms with van der Waals surface area (Å²) in [5.41, 5.74) is 1.36. The summed E-state index contributed by atoms with van der Waals surface area (Å²) in [5, 5.41) is 3.49. The highest BCUT2D eigenvalue weighted by molar-refractivity contribution is 7.98. The van der Waals surface area contributed by atoms with E-state index < -0.39 is 0 Å². The smallest absolute Gasteiger partial charge is 0.0206 e. The van der Waals surface area contributed by atoms with Crippen molar-refractivity contribution in [2.75, 3.05) is 32.4 Å². The van der Waals surface area contributed by atoms with Crippen LogP contribution < -0.4 is 5.32 Å². The summed E-state index contributed by atoms with van der Waals surface area (Å²) in [6.07, 6.45) is 2.11. The number of halogens is 2. The fourth-order valence-corrected chi connectivity index (χ4v) is 2.16. The van der Waals surface area contributed by atoms with Crippen LogP contribution in [-0.4, -0.2) is 37.3 Å². The third-order valence-electron chi connectivity index (χ3n) is 2.99. The standard InChI is InChI=1S/C14H24N2S.2ClH/c1-4-16(5-2)11-10-15-12-13-6-8-14(17-3)9-7-13;;/h6-9,15H,4-5,10-12H2,1-3H3;2*1H. The van der Waals surface area contributed by atoms with Crippen LogP contribution in [0.5, 0.6) is 0 Å². The van der Waals surface area contributed by atoms with Crippen molar-refractivity contribution in [3.05, 3.63) is 29.8 Å². The van der Waals surface area contributed by atoms with E-state index in [1.54, 1.807) is 11.8 Å². The second kappa shape index (κ2) is 13.1. The van der Waals surface area contributed by atoms with Crippen LogP contribution in [0.1, 0.15) is 19.4 Å². The molecular weight excluding hydrogens is 299 g/mol. The lowest BCUT2D eigenvalue weighted by molar-refractivity contribution is 0.302. The van der Waals surface area contributed by atoms with Gasteiger partial charge in [0.25, 0.3) is 0 Å². The highest BCUT2D eigenvalue weighted by atomic mass is 35.5. The molecule has 1 rings (SSSR count). The van der Waals surface area contributed by atoms with Gasteiger partial charge in [-0.05, 0) is 37.0 Å². The van der Waals surface area contributed by atoms with Gasteiger partial charge in [0, 0.05) is 24.5 Å². The number of benzene rings is 1. The molecular formula is C14H26Cl2N2S. The van der Waals surface area contributed by atoms with Gasteiger partial charge in [-0.15, -0.1) is 36.6 Å². The van der Waals surface area contributed by atoms with Gasteiger partial charge in [0.05, 0.1) is 0 Å². The maximum absolute atomic E-state index is 3.49. The molecule has 0 amide bonds. The molecule has 112 valence electrons. The topological polar surface area (TPSA) is 15.3 Å². The number of hydrogen-bond acceptors (Lipinski definition) is 3. The fraction of sp³-hybridized carbons (Fsp3) is 0.571. The Bertz CT molecular complexity index is 303. The molecule has 0 aromatic heterocycles. The zero-order valence-electron chi connectivity index (χ0n) is 12.0. The lowest BCUT2D eigenvalue weighted by Gasteiger charge is -2.18. The average molecular weight is 325 g/mol. The van der Waals surface area contributed by atoms with Gasteiger partial charge in [0.1, 0.15) is 0 Å². The van der Waals surface area contributed by atoms with Gasteiger partial charge < -0.3 is 10.2 Å². The van der Waals surface area contributed by atoms with Crippen LogP contribution >= 0.6 is 36.6 Å². The van der Waals surface area contributed by atoms with Gasteiger partial charge in [0.15, 0.2) is 0 Å². The van der Waals surface area contributed by atoms with Crippen molar-refractivity contribution in [2.45, 2.75) is 25.3 Å². The minimum atomic E-state index is 0. The second-order valence-electron chi connectivity index (χ2n) is 4.05. The van der Waals surface area contributed by atoms with E-state index in [9.17, 15) is 0 Å². The van der Waals surface area contributed by atoms with Crippen molar-refractivity contribution in [2.24, 2.45) is 0 Å². The van der Waals surface area contributed by atoms with Crippen molar-refractivity contribution >= 4 is 36.6 Å². The van der Waals surface area contributed by atoms with Gasteiger partial charge in [-0.2, -0.15) is 0 Å². The molecule has 1 N–H and O–H groups in total. The molecule has 0 saturated heterocycles. The quantitative estimate of drug-likeness (QED) is 0.580. The Kier molecular flexibility index (Phi) is 14.7. The predicted octanol–water partition coefficient (Wildman–Crippen LogP) is 3.68. The number of nitrogens with one attached hydrogen (secondary N) is 1. The monoisotopic (exact) mass is 324 g/mol. The summed E-state index contributed by atoms with van der Waals surface area (Å²) in [6.45, 7) is 9.87. The van der Waals surface area contributed by atoms with E-state index >= 15 is 0 Å². The molecule has 0 aliphatic rings. The van der Waals surface area contributed by atoms with Crippen LogP contribution in [0.4, 0.5) is 0 Å². The molecule has 0 unspecified atom stereocenters. The minimum Gasteiger partial charge on any atom is -0.311 e. The molecule has 0 fully saturated rings. The normalized spacial score (nSPS) is 9.89. The first kappa shape index (κ1) is 21.4. The van der Waals surface area contributed by atoms with Gasteiger partial charge >= 0.3 is 0 Å². The Labute approximate surface area is 134 Å². The third kappa shape index (κ3) is 8.77. The summed E-state index contributed by atoms with van der Waals surface area (Å²) >= 11 is 1.79. The molecule has 0 radical (unpaired) electrons. The summed E-state index contributed by atoms with van der Waals surface area (Å²) in [4.78, 5) is 3.76. The van der Waals surface area contributed by atoms with Crippen molar-refractivity contribution in [3.8, 4) is 0 Å². The first-order chi connectivity index (χ1) is 8.30. The Morgan fingerprint density at radius 1 is 1.05 bits per heavy atom. The van der Waals surface area contributed by atoms with Gasteiger partial charge in [-0.3, -0.25) is 0 Å². The molecule has 0 bridgehead atoms. The zero-order valence-corrected chi connectivity index (χ0v) is 14.5. The van der Waals surface area contributed by atoms with Crippen LogP contribution in [0.25, 0.3) is 0 Å². The number of rotatable bonds is 8. The summed E-state index contributed by atoms with van der Waals surface area (Å²) in [6, 6.07) is 8.78. The van der Waals surface area contributed by atoms with Crippen LogP contribution in [0.15, 0.2) is 29.2 Å². The fourth-order valence-electron chi connectivity index (χ4n) is 1.75. The summed E-state index contributed by atoms with van der Waals surface area (Å²) < 4.78 is 0. The molecule has 1 aromatic rings. The number of nitrogens with zero attached hydrogens (tertiary/aromatic N) is 1. The van der Waals surface area contributed by atoms with E-state index in [1.807, 2.05) is 0 Å². The maximum atomic E-state index is 3.49. The van der Waals surface area contributed by atoms with Crippen molar-refractivity contribution in [1.82, 2.24) is 10.2 Å². The average Bonchev–Trinajstić information content (AvgIpc) is 2.40. The predicted molar refractivity (Wildman–Crippen MR) is 92.2 cm³/mol. The number of likely N-dealkylation sites (N-methyl/N-ethyl adjacent to an activating group) is 1. The first-order valence-electron chi connectivity index (χ1n) is 6.36.